The molecule has 0 saturated heterocycles. The van der Waals surface area contributed by atoms with Gasteiger partial charge in [0, 0.05) is 32.7 Å². The minimum Gasteiger partial charge on any atom is -0.370 e. The molecule has 6 nitrogen and oxygen atoms in total. The molecule has 0 fully saturated rings. The van der Waals surface area contributed by atoms with Crippen LogP contribution < -0.4 is 10.2 Å². The van der Waals surface area contributed by atoms with E-state index in [-0.39, 0.29) is 16.1 Å². The number of amides is 1. The number of carbonyl (C=O) groups excluding carboxylic acids is 1. The quantitative estimate of drug-likeness (QED) is 0.701. The molecule has 0 aliphatic rings. The van der Waals surface area contributed by atoms with Gasteiger partial charge < -0.3 is 10.2 Å². The maximum absolute atomic E-state index is 13.2. The van der Waals surface area contributed by atoms with Crippen LogP contribution in [0, 0.1) is 0 Å². The van der Waals surface area contributed by atoms with Crippen molar-refractivity contribution in [3.63, 3.8) is 0 Å². The highest BCUT2D eigenvalue weighted by molar-refractivity contribution is 7.89. The molecule has 2 rings (SSSR count). The molecule has 2 aromatic carbocycles. The minimum absolute atomic E-state index is 0.00643. The van der Waals surface area contributed by atoms with Gasteiger partial charge in [-0.1, -0.05) is 0 Å². The Morgan fingerprint density at radius 3 is 2.03 bits per heavy atom. The molecule has 10 heteroatoms. The fraction of sp³-hybridized carbons (Fsp3) is 0.350. The van der Waals surface area contributed by atoms with Gasteiger partial charge in [-0.15, -0.1) is 0 Å². The lowest BCUT2D eigenvalue weighted by Crippen LogP contribution is -2.25. The summed E-state index contributed by atoms with van der Waals surface area (Å²) in [6, 6.07) is 8.40. The molecular formula is C20H24F3N3O3S. The summed E-state index contributed by atoms with van der Waals surface area (Å²) in [5, 5.41) is 2.53. The highest BCUT2D eigenvalue weighted by atomic mass is 32.2. The van der Waals surface area contributed by atoms with E-state index in [1.807, 2.05) is 18.7 Å². The van der Waals surface area contributed by atoms with Gasteiger partial charge in [0.05, 0.1) is 21.8 Å². The van der Waals surface area contributed by atoms with Crippen molar-refractivity contribution in [1.29, 1.82) is 0 Å². The van der Waals surface area contributed by atoms with E-state index < -0.39 is 27.7 Å². The maximum Gasteiger partial charge on any atom is 0.416 e. The summed E-state index contributed by atoms with van der Waals surface area (Å²) in [5.41, 5.74) is -0.256. The van der Waals surface area contributed by atoms with E-state index in [0.29, 0.717) is 18.8 Å². The van der Waals surface area contributed by atoms with Gasteiger partial charge in [0.25, 0.3) is 5.91 Å². The van der Waals surface area contributed by atoms with Gasteiger partial charge in [0.1, 0.15) is 0 Å². The predicted octanol–water partition coefficient (Wildman–Crippen LogP) is 4.05. The van der Waals surface area contributed by atoms with Crippen molar-refractivity contribution in [2.75, 3.05) is 37.4 Å². The number of alkyl halides is 3. The van der Waals surface area contributed by atoms with E-state index in [9.17, 15) is 26.4 Å². The standard InChI is InChI=1S/C20H24F3N3O3S/c1-5-26(6-2)18-12-9-15(20(21,22)23)13-17(18)24-19(27)14-7-10-16(11-8-14)30(28,29)25(3)4/h7-13H,5-6H2,1-4H3,(H,24,27). The molecule has 0 spiro atoms. The van der Waals surface area contributed by atoms with Crippen molar-refractivity contribution in [1.82, 2.24) is 4.31 Å². The van der Waals surface area contributed by atoms with Gasteiger partial charge in [0.2, 0.25) is 10.0 Å². The predicted molar refractivity (Wildman–Crippen MR) is 110 cm³/mol. The van der Waals surface area contributed by atoms with Crippen molar-refractivity contribution in [2.45, 2.75) is 24.9 Å². The molecule has 0 saturated carbocycles. The Labute approximate surface area is 174 Å². The van der Waals surface area contributed by atoms with Crippen LogP contribution in [0.2, 0.25) is 0 Å². The van der Waals surface area contributed by atoms with E-state index >= 15 is 0 Å². The Balaban J connectivity index is 2.39. The van der Waals surface area contributed by atoms with Gasteiger partial charge in [-0.05, 0) is 56.3 Å². The zero-order valence-electron chi connectivity index (χ0n) is 17.1. The highest BCUT2D eigenvalue weighted by Crippen LogP contribution is 2.35. The fourth-order valence-electron chi connectivity index (χ4n) is 2.84. The van der Waals surface area contributed by atoms with Crippen molar-refractivity contribution in [3.8, 4) is 0 Å². The number of anilines is 2. The molecule has 0 bridgehead atoms. The Kier molecular flexibility index (Phi) is 7.14. The third kappa shape index (κ3) is 5.11. The number of nitrogens with one attached hydrogen (secondary N) is 1. The monoisotopic (exact) mass is 443 g/mol. The average Bonchev–Trinajstić information content (AvgIpc) is 2.69. The second kappa shape index (κ2) is 9.05. The summed E-state index contributed by atoms with van der Waals surface area (Å²) < 4.78 is 64.8. The Bertz CT molecular complexity index is 1000. The molecular weight excluding hydrogens is 419 g/mol. The van der Waals surface area contributed by atoms with Crippen LogP contribution in [-0.4, -0.2) is 45.8 Å². The average molecular weight is 443 g/mol. The molecule has 0 atom stereocenters. The first kappa shape index (κ1) is 23.7. The van der Waals surface area contributed by atoms with Crippen LogP contribution in [0.4, 0.5) is 24.5 Å². The number of sulfonamides is 1. The van der Waals surface area contributed by atoms with Crippen LogP contribution in [0.25, 0.3) is 0 Å². The van der Waals surface area contributed by atoms with E-state index in [1.165, 1.54) is 44.4 Å². The zero-order chi connectivity index (χ0) is 22.7. The normalized spacial score (nSPS) is 12.1. The van der Waals surface area contributed by atoms with Crippen LogP contribution >= 0.6 is 0 Å². The summed E-state index contributed by atoms with van der Waals surface area (Å²) in [4.78, 5) is 14.5. The minimum atomic E-state index is -4.55. The Morgan fingerprint density at radius 2 is 1.57 bits per heavy atom. The lowest BCUT2D eigenvalue weighted by atomic mass is 10.1. The van der Waals surface area contributed by atoms with Crippen molar-refractivity contribution < 1.29 is 26.4 Å². The SMILES string of the molecule is CCN(CC)c1ccc(C(F)(F)F)cc1NC(=O)c1ccc(S(=O)(=O)N(C)C)cc1. The van der Waals surface area contributed by atoms with Gasteiger partial charge in [-0.2, -0.15) is 13.2 Å². The lowest BCUT2D eigenvalue weighted by Gasteiger charge is -2.25. The second-order valence-electron chi connectivity index (χ2n) is 6.67. The van der Waals surface area contributed by atoms with E-state index in [1.54, 1.807) is 0 Å². The largest absolute Gasteiger partial charge is 0.416 e. The molecule has 164 valence electrons. The van der Waals surface area contributed by atoms with Gasteiger partial charge in [-0.25, -0.2) is 12.7 Å². The number of benzene rings is 2. The summed E-state index contributed by atoms with van der Waals surface area (Å²) >= 11 is 0. The summed E-state index contributed by atoms with van der Waals surface area (Å²) in [7, 11) is -0.881. The fourth-order valence-corrected chi connectivity index (χ4v) is 3.74. The van der Waals surface area contributed by atoms with Crippen LogP contribution in [0.5, 0.6) is 0 Å². The number of hydrogen-bond donors (Lipinski definition) is 1. The maximum atomic E-state index is 13.2. The highest BCUT2D eigenvalue weighted by Gasteiger charge is 2.31. The molecule has 1 amide bonds. The van der Waals surface area contributed by atoms with Gasteiger partial charge >= 0.3 is 6.18 Å². The van der Waals surface area contributed by atoms with Gasteiger partial charge in [0.15, 0.2) is 0 Å². The summed E-state index contributed by atoms with van der Waals surface area (Å²) in [6.45, 7) is 4.80. The topological polar surface area (TPSA) is 69.7 Å². The number of rotatable bonds is 7. The first-order valence-corrected chi connectivity index (χ1v) is 10.7. The first-order valence-electron chi connectivity index (χ1n) is 9.22. The van der Waals surface area contributed by atoms with Crippen molar-refractivity contribution >= 4 is 27.3 Å². The first-order chi connectivity index (χ1) is 13.9. The molecule has 2 aromatic rings. The van der Waals surface area contributed by atoms with Gasteiger partial charge in [-0.3, -0.25) is 4.79 Å². The van der Waals surface area contributed by atoms with E-state index in [4.69, 9.17) is 0 Å². The molecule has 0 aliphatic carbocycles. The number of carbonyl (C=O) groups is 1. The van der Waals surface area contributed by atoms with Crippen LogP contribution in [-0.2, 0) is 16.2 Å². The molecule has 0 radical (unpaired) electrons. The van der Waals surface area contributed by atoms with E-state index in [2.05, 4.69) is 5.32 Å². The van der Waals surface area contributed by atoms with E-state index in [0.717, 1.165) is 16.4 Å². The number of nitrogens with zero attached hydrogens (tertiary/aromatic N) is 2. The lowest BCUT2D eigenvalue weighted by molar-refractivity contribution is -0.137. The van der Waals surface area contributed by atoms with Crippen LogP contribution in [0.3, 0.4) is 0 Å². The molecule has 30 heavy (non-hydrogen) atoms. The van der Waals surface area contributed by atoms with Crippen LogP contribution in [0.15, 0.2) is 47.4 Å². The number of hydrogen-bond acceptors (Lipinski definition) is 4. The van der Waals surface area contributed by atoms with Crippen molar-refractivity contribution in [2.24, 2.45) is 0 Å². The molecule has 0 aliphatic heterocycles. The third-order valence-corrected chi connectivity index (χ3v) is 6.40. The third-order valence-electron chi connectivity index (χ3n) is 4.57. The molecule has 1 N–H and O–H groups in total. The molecule has 0 aromatic heterocycles. The Hall–Kier alpha value is -2.59. The number of halogens is 3. The summed E-state index contributed by atoms with van der Waals surface area (Å²) in [5.74, 6) is -0.642. The van der Waals surface area contributed by atoms with Crippen molar-refractivity contribution in [3.05, 3.63) is 53.6 Å². The summed E-state index contributed by atoms with van der Waals surface area (Å²) in [6.07, 6.45) is -4.55. The van der Waals surface area contributed by atoms with Crippen LogP contribution in [0.1, 0.15) is 29.8 Å². The molecule has 0 heterocycles. The Morgan fingerprint density at radius 1 is 1.00 bits per heavy atom. The zero-order valence-corrected chi connectivity index (χ0v) is 17.9. The smallest absolute Gasteiger partial charge is 0.370 e. The second-order valence-corrected chi connectivity index (χ2v) is 8.82. The molecule has 0 unspecified atom stereocenters.